The summed E-state index contributed by atoms with van der Waals surface area (Å²) in [6.45, 7) is 5.88. The van der Waals surface area contributed by atoms with Crippen LogP contribution in [0.4, 0.5) is 0 Å². The lowest BCUT2D eigenvalue weighted by atomic mass is 9.91. The first-order chi connectivity index (χ1) is 5.24. The summed E-state index contributed by atoms with van der Waals surface area (Å²) >= 11 is 7.03. The molecule has 0 aromatic rings. The van der Waals surface area contributed by atoms with Gasteiger partial charge in [-0.2, -0.15) is 0 Å². The van der Waals surface area contributed by atoms with Gasteiger partial charge in [-0.15, -0.1) is 0 Å². The van der Waals surface area contributed by atoms with Crippen molar-refractivity contribution < 1.29 is 4.74 Å². The summed E-state index contributed by atoms with van der Waals surface area (Å²) in [7, 11) is 0. The number of alkyl halides is 2. The van der Waals surface area contributed by atoms with Gasteiger partial charge in [-0.25, -0.2) is 0 Å². The largest absolute Gasteiger partial charge is 0.381 e. The molecule has 0 saturated heterocycles. The van der Waals surface area contributed by atoms with Gasteiger partial charge in [0.15, 0.2) is 0 Å². The van der Waals surface area contributed by atoms with E-state index in [1.165, 1.54) is 0 Å². The second-order valence-electron chi connectivity index (χ2n) is 2.76. The predicted octanol–water partition coefficient (Wildman–Crippen LogP) is 3.21. The zero-order valence-corrected chi connectivity index (χ0v) is 10.4. The summed E-state index contributed by atoms with van der Waals surface area (Å²) in [5.41, 5.74) is 0.288. The van der Waals surface area contributed by atoms with Crippen LogP contribution in [0.1, 0.15) is 20.3 Å². The van der Waals surface area contributed by atoms with E-state index in [4.69, 9.17) is 4.74 Å². The van der Waals surface area contributed by atoms with E-state index in [0.29, 0.717) is 0 Å². The van der Waals surface area contributed by atoms with Crippen LogP contribution >= 0.6 is 31.9 Å². The van der Waals surface area contributed by atoms with Crippen molar-refractivity contribution in [2.24, 2.45) is 5.41 Å². The summed E-state index contributed by atoms with van der Waals surface area (Å²) in [6.07, 6.45) is 1.14. The zero-order valence-electron chi connectivity index (χ0n) is 7.20. The first kappa shape index (κ1) is 11.9. The third-order valence-corrected chi connectivity index (χ3v) is 4.31. The molecule has 1 nitrogen and oxygen atoms in total. The van der Waals surface area contributed by atoms with E-state index < -0.39 is 0 Å². The highest BCUT2D eigenvalue weighted by atomic mass is 79.9. The molecule has 0 aromatic heterocycles. The lowest BCUT2D eigenvalue weighted by molar-refractivity contribution is 0.0751. The van der Waals surface area contributed by atoms with Crippen molar-refractivity contribution >= 4 is 31.9 Å². The monoisotopic (exact) mass is 286 g/mol. The third-order valence-electron chi connectivity index (χ3n) is 1.93. The molecule has 0 N–H and O–H groups in total. The molecule has 0 unspecified atom stereocenters. The molecule has 0 aromatic carbocycles. The number of hydrogen-bond acceptors (Lipinski definition) is 1. The van der Waals surface area contributed by atoms with Gasteiger partial charge in [-0.1, -0.05) is 38.8 Å². The molecule has 0 spiro atoms. The predicted molar refractivity (Wildman–Crippen MR) is 56.8 cm³/mol. The van der Waals surface area contributed by atoms with Crippen LogP contribution in [-0.2, 0) is 4.74 Å². The Hall–Kier alpha value is 0.920. The topological polar surface area (TPSA) is 9.23 Å². The molecule has 3 heteroatoms. The van der Waals surface area contributed by atoms with Crippen LogP contribution in [-0.4, -0.2) is 23.9 Å². The molecule has 0 atom stereocenters. The normalized spacial score (nSPS) is 12.0. The Morgan fingerprint density at radius 1 is 1.18 bits per heavy atom. The van der Waals surface area contributed by atoms with Gasteiger partial charge in [0.25, 0.3) is 0 Å². The summed E-state index contributed by atoms with van der Waals surface area (Å²) in [5, 5.41) is 2.00. The standard InChI is InChI=1S/C8H16Br2O/c1-3-8(5-9,6-10)7-11-4-2/h3-7H2,1-2H3. The Bertz CT molecular complexity index is 83.8. The zero-order chi connectivity index (χ0) is 8.74. The first-order valence-corrected chi connectivity index (χ1v) is 6.18. The number of halogens is 2. The highest BCUT2D eigenvalue weighted by molar-refractivity contribution is 9.09. The Labute approximate surface area is 86.1 Å². The second-order valence-corrected chi connectivity index (χ2v) is 3.88. The van der Waals surface area contributed by atoms with E-state index >= 15 is 0 Å². The molecule has 0 amide bonds. The molecule has 68 valence electrons. The molecule has 0 rings (SSSR count). The molecule has 0 aliphatic heterocycles. The van der Waals surface area contributed by atoms with Gasteiger partial charge in [-0.05, 0) is 13.3 Å². The fourth-order valence-electron chi connectivity index (χ4n) is 0.722. The van der Waals surface area contributed by atoms with Crippen LogP contribution < -0.4 is 0 Å². The molecule has 11 heavy (non-hydrogen) atoms. The smallest absolute Gasteiger partial charge is 0.0538 e. The molecular weight excluding hydrogens is 272 g/mol. The van der Waals surface area contributed by atoms with Crippen LogP contribution in [0.25, 0.3) is 0 Å². The molecule has 0 radical (unpaired) electrons. The quantitative estimate of drug-likeness (QED) is 0.682. The molecule has 0 saturated carbocycles. The maximum absolute atomic E-state index is 5.41. The highest BCUT2D eigenvalue weighted by Crippen LogP contribution is 2.27. The van der Waals surface area contributed by atoms with Crippen LogP contribution in [0.15, 0.2) is 0 Å². The Balaban J connectivity index is 3.84. The van der Waals surface area contributed by atoms with Crippen molar-refractivity contribution in [1.29, 1.82) is 0 Å². The lowest BCUT2D eigenvalue weighted by Crippen LogP contribution is -2.29. The van der Waals surface area contributed by atoms with Gasteiger partial charge in [-0.3, -0.25) is 0 Å². The number of rotatable bonds is 6. The van der Waals surface area contributed by atoms with Crippen molar-refractivity contribution in [3.63, 3.8) is 0 Å². The van der Waals surface area contributed by atoms with Gasteiger partial charge >= 0.3 is 0 Å². The van der Waals surface area contributed by atoms with Crippen LogP contribution in [0.2, 0.25) is 0 Å². The summed E-state index contributed by atoms with van der Waals surface area (Å²) in [4.78, 5) is 0. The summed E-state index contributed by atoms with van der Waals surface area (Å²) in [6, 6.07) is 0. The number of ether oxygens (including phenoxy) is 1. The van der Waals surface area contributed by atoms with Gasteiger partial charge in [0.1, 0.15) is 0 Å². The fourth-order valence-corrected chi connectivity index (χ4v) is 2.77. The van der Waals surface area contributed by atoms with Crippen LogP contribution in [0.3, 0.4) is 0 Å². The van der Waals surface area contributed by atoms with E-state index in [9.17, 15) is 0 Å². The minimum atomic E-state index is 0.288. The Morgan fingerprint density at radius 2 is 1.73 bits per heavy atom. The fraction of sp³-hybridized carbons (Fsp3) is 1.00. The van der Waals surface area contributed by atoms with Crippen LogP contribution in [0.5, 0.6) is 0 Å². The summed E-state index contributed by atoms with van der Waals surface area (Å²) in [5.74, 6) is 0. The first-order valence-electron chi connectivity index (χ1n) is 3.94. The Morgan fingerprint density at radius 3 is 2.00 bits per heavy atom. The van der Waals surface area contributed by atoms with Crippen molar-refractivity contribution in [3.8, 4) is 0 Å². The number of hydrogen-bond donors (Lipinski definition) is 0. The van der Waals surface area contributed by atoms with Gasteiger partial charge in [0.05, 0.1) is 6.61 Å². The van der Waals surface area contributed by atoms with E-state index in [2.05, 4.69) is 38.8 Å². The molecule has 0 aliphatic carbocycles. The molecular formula is C8H16Br2O. The van der Waals surface area contributed by atoms with E-state index in [-0.39, 0.29) is 5.41 Å². The molecule has 0 aliphatic rings. The highest BCUT2D eigenvalue weighted by Gasteiger charge is 2.25. The lowest BCUT2D eigenvalue weighted by Gasteiger charge is -2.27. The average Bonchev–Trinajstić information content (AvgIpc) is 2.08. The minimum Gasteiger partial charge on any atom is -0.381 e. The molecule has 0 heterocycles. The van der Waals surface area contributed by atoms with E-state index in [1.54, 1.807) is 0 Å². The van der Waals surface area contributed by atoms with Crippen molar-refractivity contribution in [3.05, 3.63) is 0 Å². The maximum atomic E-state index is 5.41. The molecule has 0 bridgehead atoms. The van der Waals surface area contributed by atoms with E-state index in [1.807, 2.05) is 6.92 Å². The van der Waals surface area contributed by atoms with Gasteiger partial charge < -0.3 is 4.74 Å². The van der Waals surface area contributed by atoms with Crippen molar-refractivity contribution in [2.75, 3.05) is 23.9 Å². The maximum Gasteiger partial charge on any atom is 0.0538 e. The summed E-state index contributed by atoms with van der Waals surface area (Å²) < 4.78 is 5.41. The minimum absolute atomic E-state index is 0.288. The Kier molecular flexibility index (Phi) is 6.98. The second kappa shape index (κ2) is 6.44. The van der Waals surface area contributed by atoms with Gasteiger partial charge in [0, 0.05) is 22.7 Å². The SMILES string of the molecule is CCOCC(CC)(CBr)CBr. The van der Waals surface area contributed by atoms with E-state index in [0.717, 1.165) is 30.3 Å². The average molecular weight is 288 g/mol. The molecule has 0 fully saturated rings. The van der Waals surface area contributed by atoms with Crippen LogP contribution in [0, 0.1) is 5.41 Å². The van der Waals surface area contributed by atoms with Crippen molar-refractivity contribution in [1.82, 2.24) is 0 Å². The van der Waals surface area contributed by atoms with Gasteiger partial charge in [0.2, 0.25) is 0 Å². The van der Waals surface area contributed by atoms with Crippen molar-refractivity contribution in [2.45, 2.75) is 20.3 Å². The third kappa shape index (κ3) is 3.90.